The zero-order valence-electron chi connectivity index (χ0n) is 16.9. The van der Waals surface area contributed by atoms with Crippen molar-refractivity contribution in [1.29, 1.82) is 0 Å². The number of ether oxygens (including phenoxy) is 2. The molecule has 0 saturated heterocycles. The van der Waals surface area contributed by atoms with Gasteiger partial charge in [0.05, 0.1) is 6.61 Å². The Labute approximate surface area is 179 Å². The first-order chi connectivity index (χ1) is 14.3. The molecule has 0 aromatic carbocycles. The van der Waals surface area contributed by atoms with Crippen LogP contribution in [0, 0.1) is 0 Å². The first-order valence-corrected chi connectivity index (χ1v) is 10.4. The summed E-state index contributed by atoms with van der Waals surface area (Å²) in [6.45, 7) is 3.20. The van der Waals surface area contributed by atoms with Crippen LogP contribution < -0.4 is 0 Å². The predicted molar refractivity (Wildman–Crippen MR) is 94.2 cm³/mol. The van der Waals surface area contributed by atoms with E-state index in [0.717, 1.165) is 0 Å². The highest BCUT2D eigenvalue weighted by Gasteiger charge is 2.69. The van der Waals surface area contributed by atoms with Crippen LogP contribution in [0.25, 0.3) is 0 Å². The van der Waals surface area contributed by atoms with Crippen molar-refractivity contribution in [2.45, 2.75) is 56.3 Å². The van der Waals surface area contributed by atoms with Crippen molar-refractivity contribution in [2.75, 3.05) is 19.7 Å². The molecule has 188 valence electrons. The van der Waals surface area contributed by atoms with Gasteiger partial charge in [-0.25, -0.2) is 4.79 Å². The molecular weight excluding hydrogens is 483 g/mol. The van der Waals surface area contributed by atoms with Gasteiger partial charge in [0.1, 0.15) is 0 Å². The number of rotatable bonds is 13. The number of amides is 1. The molecule has 0 saturated carbocycles. The lowest BCUT2D eigenvalue weighted by atomic mass is 10.2. The third-order valence-corrected chi connectivity index (χ3v) is 4.76. The highest BCUT2D eigenvalue weighted by Crippen LogP contribution is 2.42. The Bertz CT molecular complexity index is 780. The first-order valence-electron chi connectivity index (χ1n) is 8.92. The molecule has 0 aliphatic carbocycles. The van der Waals surface area contributed by atoms with Crippen LogP contribution in [0.2, 0.25) is 0 Å². The molecule has 0 spiro atoms. The standard InChI is InChI=1S/C16H22F7NO7S/c1-4-8-24(9-5-2)12(26)14(15(19,20)21,31-11(25)6-3)30-10-7-13(17,18)16(22,23)32(27,28)29/h6H,3-5,7-10H2,1-2H3,(H,27,28,29). The lowest BCUT2D eigenvalue weighted by Crippen LogP contribution is -2.62. The van der Waals surface area contributed by atoms with Crippen LogP contribution in [0.5, 0.6) is 0 Å². The molecule has 0 fully saturated rings. The van der Waals surface area contributed by atoms with Crippen LogP contribution in [-0.2, 0) is 29.2 Å². The first kappa shape index (κ1) is 30.1. The van der Waals surface area contributed by atoms with Crippen LogP contribution >= 0.6 is 0 Å². The number of halogens is 7. The van der Waals surface area contributed by atoms with Gasteiger partial charge < -0.3 is 14.4 Å². The Morgan fingerprint density at radius 3 is 1.84 bits per heavy atom. The van der Waals surface area contributed by atoms with Gasteiger partial charge in [0.25, 0.3) is 0 Å². The van der Waals surface area contributed by atoms with E-state index in [-0.39, 0.29) is 32.0 Å². The summed E-state index contributed by atoms with van der Waals surface area (Å²) in [5.74, 6) is -14.0. The van der Waals surface area contributed by atoms with Crippen LogP contribution in [0.1, 0.15) is 33.1 Å². The molecular formula is C16H22F7NO7S. The summed E-state index contributed by atoms with van der Waals surface area (Å²) in [7, 11) is -6.66. The maximum atomic E-state index is 13.9. The van der Waals surface area contributed by atoms with Crippen molar-refractivity contribution in [1.82, 2.24) is 4.90 Å². The molecule has 32 heavy (non-hydrogen) atoms. The third kappa shape index (κ3) is 6.54. The number of esters is 1. The van der Waals surface area contributed by atoms with Gasteiger partial charge >= 0.3 is 45.1 Å². The van der Waals surface area contributed by atoms with Crippen LogP contribution in [-0.4, -0.2) is 72.6 Å². The zero-order chi connectivity index (χ0) is 25.6. The number of carbonyl (C=O) groups excluding carboxylic acids is 2. The maximum absolute atomic E-state index is 13.9. The van der Waals surface area contributed by atoms with E-state index in [0.29, 0.717) is 4.90 Å². The number of nitrogens with zero attached hydrogens (tertiary/aromatic N) is 1. The van der Waals surface area contributed by atoms with Crippen molar-refractivity contribution >= 4 is 22.0 Å². The second kappa shape index (κ2) is 10.8. The van der Waals surface area contributed by atoms with Gasteiger partial charge in [0.2, 0.25) is 0 Å². The van der Waals surface area contributed by atoms with Gasteiger partial charge in [-0.3, -0.25) is 9.35 Å². The maximum Gasteiger partial charge on any atom is 0.466 e. The van der Waals surface area contributed by atoms with Crippen molar-refractivity contribution in [3.05, 3.63) is 12.7 Å². The summed E-state index contributed by atoms with van der Waals surface area (Å²) in [5, 5.41) is -6.08. The second-order valence-corrected chi connectivity index (χ2v) is 7.79. The molecule has 16 heteroatoms. The Morgan fingerprint density at radius 1 is 1.03 bits per heavy atom. The minimum Gasteiger partial charge on any atom is -0.412 e. The summed E-state index contributed by atoms with van der Waals surface area (Å²) in [5.41, 5.74) is 0. The van der Waals surface area contributed by atoms with E-state index >= 15 is 0 Å². The van der Waals surface area contributed by atoms with Crippen molar-refractivity contribution in [2.24, 2.45) is 0 Å². The molecule has 0 aliphatic heterocycles. The van der Waals surface area contributed by atoms with Crippen LogP contribution in [0.3, 0.4) is 0 Å². The molecule has 0 aliphatic rings. The summed E-state index contributed by atoms with van der Waals surface area (Å²) >= 11 is 0. The van der Waals surface area contributed by atoms with E-state index < -0.39 is 58.2 Å². The van der Waals surface area contributed by atoms with E-state index in [1.807, 2.05) is 0 Å². The Balaban J connectivity index is 6.22. The van der Waals surface area contributed by atoms with Crippen molar-refractivity contribution in [3.8, 4) is 0 Å². The largest absolute Gasteiger partial charge is 0.466 e. The fourth-order valence-corrected chi connectivity index (χ4v) is 2.78. The molecule has 0 aromatic rings. The second-order valence-electron chi connectivity index (χ2n) is 6.33. The number of alkyl halides is 7. The normalized spacial score (nSPS) is 15.1. The molecule has 0 heterocycles. The minimum atomic E-state index is -6.66. The number of carbonyl (C=O) groups is 2. The summed E-state index contributed by atoms with van der Waals surface area (Å²) < 4.78 is 133. The van der Waals surface area contributed by atoms with Crippen molar-refractivity contribution in [3.63, 3.8) is 0 Å². The van der Waals surface area contributed by atoms with Crippen LogP contribution in [0.4, 0.5) is 30.7 Å². The average Bonchev–Trinajstić information content (AvgIpc) is 2.64. The fourth-order valence-electron chi connectivity index (χ4n) is 2.30. The molecule has 1 amide bonds. The lowest BCUT2D eigenvalue weighted by Gasteiger charge is -2.37. The summed E-state index contributed by atoms with van der Waals surface area (Å²) in [6, 6.07) is 0. The minimum absolute atomic E-state index is 0.133. The van der Waals surface area contributed by atoms with E-state index in [2.05, 4.69) is 16.1 Å². The lowest BCUT2D eigenvalue weighted by molar-refractivity contribution is -0.352. The van der Waals surface area contributed by atoms with Gasteiger partial charge in [0.15, 0.2) is 0 Å². The topological polar surface area (TPSA) is 110 Å². The quantitative estimate of drug-likeness (QED) is 0.135. The zero-order valence-corrected chi connectivity index (χ0v) is 17.7. The van der Waals surface area contributed by atoms with Gasteiger partial charge in [-0.15, -0.1) is 0 Å². The molecule has 8 nitrogen and oxygen atoms in total. The van der Waals surface area contributed by atoms with Crippen LogP contribution in [0.15, 0.2) is 12.7 Å². The number of hydrogen-bond donors (Lipinski definition) is 1. The SMILES string of the molecule is C=CC(=O)OC(OCCC(F)(F)C(F)(F)S(=O)(=O)O)(C(=O)N(CCC)CCC)C(F)(F)F. The summed E-state index contributed by atoms with van der Waals surface area (Å²) in [4.78, 5) is 24.7. The van der Waals surface area contributed by atoms with Gasteiger partial charge in [-0.05, 0) is 12.8 Å². The highest BCUT2D eigenvalue weighted by molar-refractivity contribution is 7.87. The fraction of sp³-hybridized carbons (Fsp3) is 0.750. The molecule has 1 N–H and O–H groups in total. The van der Waals surface area contributed by atoms with E-state index in [1.54, 1.807) is 0 Å². The average molecular weight is 505 g/mol. The van der Waals surface area contributed by atoms with Gasteiger partial charge in [-0.1, -0.05) is 20.4 Å². The van der Waals surface area contributed by atoms with E-state index in [9.17, 15) is 48.7 Å². The van der Waals surface area contributed by atoms with E-state index in [4.69, 9.17) is 4.55 Å². The third-order valence-electron chi connectivity index (χ3n) is 3.81. The molecule has 0 rings (SSSR count). The monoisotopic (exact) mass is 505 g/mol. The van der Waals surface area contributed by atoms with Crippen molar-refractivity contribution < 1.29 is 62.8 Å². The molecule has 1 unspecified atom stereocenters. The predicted octanol–water partition coefficient (Wildman–Crippen LogP) is 3.15. The van der Waals surface area contributed by atoms with E-state index in [1.165, 1.54) is 13.8 Å². The highest BCUT2D eigenvalue weighted by atomic mass is 32.2. The summed E-state index contributed by atoms with van der Waals surface area (Å²) in [6.07, 6.45) is -7.80. The Kier molecular flexibility index (Phi) is 10.1. The molecule has 0 bridgehead atoms. The Morgan fingerprint density at radius 2 is 1.50 bits per heavy atom. The Hall–Kier alpha value is -1.94. The molecule has 1 atom stereocenters. The molecule has 0 aromatic heterocycles. The van der Waals surface area contributed by atoms with Gasteiger partial charge in [-0.2, -0.15) is 39.2 Å². The number of hydrogen-bond acceptors (Lipinski definition) is 6. The van der Waals surface area contributed by atoms with Gasteiger partial charge in [0, 0.05) is 25.6 Å². The smallest absolute Gasteiger partial charge is 0.412 e. The molecule has 0 radical (unpaired) electrons.